The van der Waals surface area contributed by atoms with E-state index in [1.165, 1.54) is 37.4 Å². The highest BCUT2D eigenvalue weighted by Gasteiger charge is 2.46. The summed E-state index contributed by atoms with van der Waals surface area (Å²) in [6.07, 6.45) is 2.75. The van der Waals surface area contributed by atoms with Gasteiger partial charge >= 0.3 is 5.51 Å². The van der Waals surface area contributed by atoms with Gasteiger partial charge in [-0.15, -0.1) is 0 Å². The fourth-order valence-electron chi connectivity index (χ4n) is 3.16. The summed E-state index contributed by atoms with van der Waals surface area (Å²) in [6, 6.07) is 7.72. The summed E-state index contributed by atoms with van der Waals surface area (Å²) >= 11 is -0.244. The van der Waals surface area contributed by atoms with Crippen molar-refractivity contribution < 1.29 is 21.6 Å². The largest absolute Gasteiger partial charge is 0.446 e. The third-order valence-corrected chi connectivity index (χ3v) is 7.46. The van der Waals surface area contributed by atoms with Crippen LogP contribution in [0.5, 0.6) is 0 Å². The molecule has 0 atom stereocenters. The maximum atomic E-state index is 12.7. The predicted octanol–water partition coefficient (Wildman–Crippen LogP) is 4.59. The summed E-state index contributed by atoms with van der Waals surface area (Å²) in [4.78, 5) is 11.4. The van der Waals surface area contributed by atoms with Crippen LogP contribution in [0.3, 0.4) is 0 Å². The van der Waals surface area contributed by atoms with Crippen molar-refractivity contribution in [3.8, 4) is 17.6 Å². The number of nitrogens with one attached hydrogen (secondary N) is 1. The van der Waals surface area contributed by atoms with Crippen LogP contribution < -0.4 is 0 Å². The number of nitriles is 1. The van der Waals surface area contributed by atoms with Crippen molar-refractivity contribution in [2.75, 3.05) is 5.75 Å². The Balaban J connectivity index is 1.83. The lowest BCUT2D eigenvalue weighted by Gasteiger charge is -2.11. The van der Waals surface area contributed by atoms with Crippen molar-refractivity contribution in [3.63, 3.8) is 0 Å². The Morgan fingerprint density at radius 2 is 2.03 bits per heavy atom. The van der Waals surface area contributed by atoms with E-state index in [-0.39, 0.29) is 38.8 Å². The lowest BCUT2D eigenvalue weighted by Crippen LogP contribution is -2.11. The van der Waals surface area contributed by atoms with Crippen LogP contribution in [-0.2, 0) is 15.3 Å². The van der Waals surface area contributed by atoms with Crippen LogP contribution in [0.2, 0.25) is 0 Å². The molecule has 1 aromatic carbocycles. The molecule has 2 heterocycles. The number of nitrogens with zero attached hydrogens (tertiary/aromatic N) is 3. The lowest BCUT2D eigenvalue weighted by atomic mass is 9.99. The van der Waals surface area contributed by atoms with Gasteiger partial charge in [-0.1, -0.05) is 6.92 Å². The molecule has 4 rings (SSSR count). The molecule has 0 bridgehead atoms. The minimum Gasteiger partial charge on any atom is -0.337 e. The molecule has 2 aromatic heterocycles. The zero-order chi connectivity index (χ0) is 21.7. The van der Waals surface area contributed by atoms with Crippen molar-refractivity contribution in [3.05, 3.63) is 36.0 Å². The highest BCUT2D eigenvalue weighted by molar-refractivity contribution is 8.00. The van der Waals surface area contributed by atoms with Gasteiger partial charge in [0.15, 0.2) is 15.7 Å². The molecule has 0 aliphatic heterocycles. The number of imidazole rings is 1. The number of aromatic amines is 1. The maximum Gasteiger partial charge on any atom is 0.446 e. The second kappa shape index (κ2) is 6.99. The van der Waals surface area contributed by atoms with E-state index in [0.29, 0.717) is 29.4 Å². The zero-order valence-electron chi connectivity index (χ0n) is 15.6. The molecular weight excluding hydrogens is 437 g/mol. The monoisotopic (exact) mass is 452 g/mol. The molecular formula is C19H15F3N4O2S2. The third kappa shape index (κ3) is 3.77. The highest BCUT2D eigenvalue weighted by atomic mass is 32.2. The van der Waals surface area contributed by atoms with Gasteiger partial charge in [0.25, 0.3) is 0 Å². The lowest BCUT2D eigenvalue weighted by molar-refractivity contribution is -0.0328. The summed E-state index contributed by atoms with van der Waals surface area (Å²) in [5.41, 5.74) is -3.79. The van der Waals surface area contributed by atoms with E-state index >= 15 is 0 Å². The molecule has 156 valence electrons. The first kappa shape index (κ1) is 20.7. The first-order valence-electron chi connectivity index (χ1n) is 8.97. The SMILES string of the molecule is CCS(=O)(=O)c1cc(C2(C#N)CC2)cnc1-c1nc2ccc(SC(F)(F)F)cc2[nH]1. The van der Waals surface area contributed by atoms with E-state index in [0.717, 1.165) is 0 Å². The number of alkyl halides is 3. The second-order valence-electron chi connectivity index (χ2n) is 6.98. The summed E-state index contributed by atoms with van der Waals surface area (Å²) in [7, 11) is -3.69. The highest BCUT2D eigenvalue weighted by Crippen LogP contribution is 2.48. The van der Waals surface area contributed by atoms with Crippen LogP contribution in [0.1, 0.15) is 25.3 Å². The normalized spacial score (nSPS) is 15.8. The van der Waals surface area contributed by atoms with E-state index < -0.39 is 20.8 Å². The number of hydrogen-bond acceptors (Lipinski definition) is 6. The molecule has 0 saturated heterocycles. The number of thioether (sulfide) groups is 1. The molecule has 1 aliphatic carbocycles. The first-order valence-corrected chi connectivity index (χ1v) is 11.4. The number of H-pyrrole nitrogens is 1. The Bertz CT molecular complexity index is 1290. The molecule has 3 aromatic rings. The first-order chi connectivity index (χ1) is 14.1. The Hall–Kier alpha value is -2.58. The summed E-state index contributed by atoms with van der Waals surface area (Å²) < 4.78 is 63.4. The molecule has 0 spiro atoms. The van der Waals surface area contributed by atoms with Crippen molar-refractivity contribution in [2.24, 2.45) is 0 Å². The minimum absolute atomic E-state index is 0.0143. The Morgan fingerprint density at radius 3 is 2.63 bits per heavy atom. The molecule has 1 N–H and O–H groups in total. The van der Waals surface area contributed by atoms with Gasteiger partial charge < -0.3 is 4.98 Å². The van der Waals surface area contributed by atoms with Gasteiger partial charge in [-0.3, -0.25) is 4.98 Å². The predicted molar refractivity (Wildman–Crippen MR) is 105 cm³/mol. The number of pyridine rings is 1. The van der Waals surface area contributed by atoms with Crippen LogP contribution in [-0.4, -0.2) is 34.6 Å². The number of halogens is 3. The van der Waals surface area contributed by atoms with Crippen LogP contribution in [0.25, 0.3) is 22.6 Å². The van der Waals surface area contributed by atoms with E-state index in [4.69, 9.17) is 0 Å². The van der Waals surface area contributed by atoms with Gasteiger partial charge in [-0.05, 0) is 54.4 Å². The Labute approximate surface area is 174 Å². The molecule has 1 saturated carbocycles. The van der Waals surface area contributed by atoms with Gasteiger partial charge in [-0.25, -0.2) is 13.4 Å². The minimum atomic E-state index is -4.42. The molecule has 6 nitrogen and oxygen atoms in total. The van der Waals surface area contributed by atoms with Crippen LogP contribution >= 0.6 is 11.8 Å². The van der Waals surface area contributed by atoms with Crippen molar-refractivity contribution >= 4 is 32.6 Å². The quantitative estimate of drug-likeness (QED) is 0.569. The number of rotatable bonds is 5. The Morgan fingerprint density at radius 1 is 1.30 bits per heavy atom. The van der Waals surface area contributed by atoms with Gasteiger partial charge in [0, 0.05) is 11.1 Å². The fourth-order valence-corrected chi connectivity index (χ4v) is 4.81. The standard InChI is InChI=1S/C19H15F3N4O2S2/c1-2-30(27,28)15-7-11(18(10-23)5-6-18)9-24-16(15)17-25-13-4-3-12(8-14(13)26-17)29-19(20,21)22/h3-4,7-9H,2,5-6H2,1H3,(H,25,26). The molecule has 0 radical (unpaired) electrons. The van der Waals surface area contributed by atoms with Crippen LogP contribution in [0, 0.1) is 11.3 Å². The number of hydrogen-bond donors (Lipinski definition) is 1. The van der Waals surface area contributed by atoms with E-state index in [1.54, 1.807) is 0 Å². The van der Waals surface area contributed by atoms with Crippen molar-refractivity contribution in [1.82, 2.24) is 15.0 Å². The molecule has 11 heteroatoms. The number of aromatic nitrogens is 3. The maximum absolute atomic E-state index is 12.7. The van der Waals surface area contributed by atoms with Crippen molar-refractivity contribution in [2.45, 2.75) is 40.5 Å². The fraction of sp³-hybridized carbons (Fsp3) is 0.316. The van der Waals surface area contributed by atoms with Crippen molar-refractivity contribution in [1.29, 1.82) is 5.26 Å². The van der Waals surface area contributed by atoms with Gasteiger partial charge in [-0.2, -0.15) is 18.4 Å². The van der Waals surface area contributed by atoms with E-state index in [9.17, 15) is 26.9 Å². The average molecular weight is 452 g/mol. The Kier molecular flexibility index (Phi) is 4.82. The molecule has 30 heavy (non-hydrogen) atoms. The number of fused-ring (bicyclic) bond motifs is 1. The topological polar surface area (TPSA) is 99.5 Å². The van der Waals surface area contributed by atoms with Crippen LogP contribution in [0.4, 0.5) is 13.2 Å². The van der Waals surface area contributed by atoms with Gasteiger partial charge in [0.2, 0.25) is 0 Å². The average Bonchev–Trinajstić information content (AvgIpc) is 3.38. The third-order valence-electron chi connectivity index (χ3n) is 5.00. The number of sulfone groups is 1. The van der Waals surface area contributed by atoms with E-state index in [2.05, 4.69) is 21.0 Å². The van der Waals surface area contributed by atoms with Crippen LogP contribution in [0.15, 0.2) is 40.3 Å². The summed E-state index contributed by atoms with van der Waals surface area (Å²) in [5.74, 6) is -0.0309. The zero-order valence-corrected chi connectivity index (χ0v) is 17.2. The van der Waals surface area contributed by atoms with E-state index in [1.807, 2.05) is 0 Å². The molecule has 0 amide bonds. The molecule has 1 fully saturated rings. The second-order valence-corrected chi connectivity index (χ2v) is 10.4. The smallest absolute Gasteiger partial charge is 0.337 e. The summed E-state index contributed by atoms with van der Waals surface area (Å²) in [5, 5.41) is 9.42. The summed E-state index contributed by atoms with van der Waals surface area (Å²) in [6.45, 7) is 1.50. The number of benzene rings is 1. The molecule has 1 aliphatic rings. The molecule has 0 unspecified atom stereocenters. The van der Waals surface area contributed by atoms with Gasteiger partial charge in [0.05, 0.1) is 33.2 Å². The van der Waals surface area contributed by atoms with Gasteiger partial charge in [0.1, 0.15) is 5.69 Å².